The molecule has 2 heterocycles. The number of aromatic nitrogens is 3. The molecule has 0 N–H and O–H groups in total. The molecule has 18 heavy (non-hydrogen) atoms. The molecule has 3 heteroatoms. The van der Waals surface area contributed by atoms with Crippen LogP contribution in [0.3, 0.4) is 0 Å². The van der Waals surface area contributed by atoms with Gasteiger partial charge in [0.05, 0.1) is 11.8 Å². The lowest BCUT2D eigenvalue weighted by Crippen LogP contribution is -1.75. The van der Waals surface area contributed by atoms with E-state index in [-0.39, 0.29) is 0 Å². The van der Waals surface area contributed by atoms with Gasteiger partial charge in [0.25, 0.3) is 0 Å². The standard InChI is InChI=1S/C9H7N.C6H8N2/c1-2-6-9-8(4-1)5-3-7-10-9;1-2-4-8-5-3-7-6-8/h1-7H;2-6H,1H3. The van der Waals surface area contributed by atoms with Crippen LogP contribution < -0.4 is 0 Å². The molecule has 0 unspecified atom stereocenters. The number of benzene rings is 1. The number of hydrogen-bond donors (Lipinski definition) is 0. The molecule has 0 aliphatic heterocycles. The summed E-state index contributed by atoms with van der Waals surface area (Å²) >= 11 is 0. The average molecular weight is 237 g/mol. The molecule has 2 aromatic heterocycles. The van der Waals surface area contributed by atoms with Crippen LogP contribution in [0.4, 0.5) is 0 Å². The molecule has 0 bridgehead atoms. The molecule has 0 spiro atoms. The maximum atomic E-state index is 4.18. The van der Waals surface area contributed by atoms with Crippen LogP contribution in [-0.2, 0) is 0 Å². The highest BCUT2D eigenvalue weighted by Gasteiger charge is 1.86. The van der Waals surface area contributed by atoms with E-state index in [1.165, 1.54) is 5.39 Å². The van der Waals surface area contributed by atoms with Crippen molar-refractivity contribution in [2.45, 2.75) is 6.92 Å². The summed E-state index contributed by atoms with van der Waals surface area (Å²) in [7, 11) is 0. The van der Waals surface area contributed by atoms with Gasteiger partial charge in [0, 0.05) is 30.2 Å². The highest BCUT2D eigenvalue weighted by atomic mass is 15.0. The predicted molar refractivity (Wildman–Crippen MR) is 75.0 cm³/mol. The Morgan fingerprint density at radius 1 is 1.06 bits per heavy atom. The van der Waals surface area contributed by atoms with E-state index in [9.17, 15) is 0 Å². The molecule has 1 aromatic carbocycles. The van der Waals surface area contributed by atoms with Crippen LogP contribution in [0.5, 0.6) is 0 Å². The maximum absolute atomic E-state index is 4.18. The first-order chi connectivity index (χ1) is 8.90. The second-order valence-corrected chi connectivity index (χ2v) is 3.69. The van der Waals surface area contributed by atoms with Crippen molar-refractivity contribution < 1.29 is 0 Å². The van der Waals surface area contributed by atoms with Crippen molar-refractivity contribution in [3.8, 4) is 0 Å². The second-order valence-electron chi connectivity index (χ2n) is 3.69. The van der Waals surface area contributed by atoms with Crippen LogP contribution in [-0.4, -0.2) is 14.5 Å². The van der Waals surface area contributed by atoms with Crippen molar-refractivity contribution in [1.29, 1.82) is 0 Å². The van der Waals surface area contributed by atoms with Gasteiger partial charge in [0.15, 0.2) is 0 Å². The summed E-state index contributed by atoms with van der Waals surface area (Å²) in [4.78, 5) is 8.03. The van der Waals surface area contributed by atoms with Gasteiger partial charge in [-0.05, 0) is 19.1 Å². The average Bonchev–Trinajstić information content (AvgIpc) is 2.93. The van der Waals surface area contributed by atoms with Crippen molar-refractivity contribution in [1.82, 2.24) is 14.5 Å². The molecular formula is C15H15N3. The SMILES string of the molecule is CC=Cn1ccnc1.c1ccc2ncccc2c1. The summed E-state index contributed by atoms with van der Waals surface area (Å²) in [6.07, 6.45) is 11.1. The Morgan fingerprint density at radius 3 is 2.61 bits per heavy atom. The number of allylic oxidation sites excluding steroid dienone is 1. The zero-order chi connectivity index (χ0) is 12.6. The van der Waals surface area contributed by atoms with E-state index < -0.39 is 0 Å². The van der Waals surface area contributed by atoms with Crippen molar-refractivity contribution in [2.75, 3.05) is 0 Å². The lowest BCUT2D eigenvalue weighted by Gasteiger charge is -1.91. The van der Waals surface area contributed by atoms with E-state index in [0.717, 1.165) is 5.52 Å². The molecule has 3 nitrogen and oxygen atoms in total. The molecular weight excluding hydrogens is 222 g/mol. The van der Waals surface area contributed by atoms with E-state index in [0.29, 0.717) is 0 Å². The Kier molecular flexibility index (Phi) is 4.25. The van der Waals surface area contributed by atoms with Crippen molar-refractivity contribution >= 4 is 17.1 Å². The quantitative estimate of drug-likeness (QED) is 0.647. The Morgan fingerprint density at radius 2 is 1.89 bits per heavy atom. The molecule has 0 atom stereocenters. The fourth-order valence-electron chi connectivity index (χ4n) is 1.55. The predicted octanol–water partition coefficient (Wildman–Crippen LogP) is 3.61. The van der Waals surface area contributed by atoms with Crippen LogP contribution in [0.15, 0.2) is 67.4 Å². The van der Waals surface area contributed by atoms with Crippen molar-refractivity contribution in [2.24, 2.45) is 0 Å². The molecule has 3 aromatic rings. The first-order valence-corrected chi connectivity index (χ1v) is 5.80. The molecule has 90 valence electrons. The summed E-state index contributed by atoms with van der Waals surface area (Å²) in [5.41, 5.74) is 1.06. The third-order valence-electron chi connectivity index (χ3n) is 2.36. The highest BCUT2D eigenvalue weighted by Crippen LogP contribution is 2.07. The van der Waals surface area contributed by atoms with Gasteiger partial charge in [-0.15, -0.1) is 0 Å². The van der Waals surface area contributed by atoms with Gasteiger partial charge in [-0.3, -0.25) is 4.98 Å². The van der Waals surface area contributed by atoms with E-state index >= 15 is 0 Å². The number of imidazole rings is 1. The number of pyridine rings is 1. The van der Waals surface area contributed by atoms with Crippen LogP contribution in [0.25, 0.3) is 17.1 Å². The van der Waals surface area contributed by atoms with E-state index in [2.05, 4.69) is 22.1 Å². The first kappa shape index (κ1) is 12.0. The largest absolute Gasteiger partial charge is 0.313 e. The normalized spacial score (nSPS) is 10.3. The smallest absolute Gasteiger partial charge is 0.0986 e. The summed E-state index contributed by atoms with van der Waals surface area (Å²) in [6.45, 7) is 1.97. The first-order valence-electron chi connectivity index (χ1n) is 5.80. The summed E-state index contributed by atoms with van der Waals surface area (Å²) < 4.78 is 1.89. The molecule has 0 radical (unpaired) electrons. The second kappa shape index (κ2) is 6.35. The number of hydrogen-bond acceptors (Lipinski definition) is 2. The number of rotatable bonds is 1. The molecule has 0 saturated carbocycles. The summed E-state index contributed by atoms with van der Waals surface area (Å²) in [5.74, 6) is 0. The summed E-state index contributed by atoms with van der Waals surface area (Å²) in [5, 5.41) is 1.20. The molecule has 0 amide bonds. The lowest BCUT2D eigenvalue weighted by molar-refractivity contribution is 1.13. The van der Waals surface area contributed by atoms with E-state index in [1.54, 1.807) is 12.5 Å². The van der Waals surface area contributed by atoms with E-state index in [4.69, 9.17) is 0 Å². The Balaban J connectivity index is 0.000000138. The zero-order valence-electron chi connectivity index (χ0n) is 10.3. The van der Waals surface area contributed by atoms with Crippen molar-refractivity contribution in [3.63, 3.8) is 0 Å². The highest BCUT2D eigenvalue weighted by molar-refractivity contribution is 5.77. The van der Waals surface area contributed by atoms with Crippen LogP contribution in [0.1, 0.15) is 6.92 Å². The molecule has 3 rings (SSSR count). The summed E-state index contributed by atoms with van der Waals surface area (Å²) in [6, 6.07) is 12.1. The minimum absolute atomic E-state index is 1.06. The van der Waals surface area contributed by atoms with Crippen molar-refractivity contribution in [3.05, 3.63) is 67.4 Å². The lowest BCUT2D eigenvalue weighted by atomic mass is 10.2. The van der Waals surface area contributed by atoms with Gasteiger partial charge in [0.1, 0.15) is 0 Å². The Hall–Kier alpha value is -2.42. The number of para-hydroxylation sites is 1. The minimum atomic E-state index is 1.06. The number of nitrogens with zero attached hydrogens (tertiary/aromatic N) is 3. The third kappa shape index (κ3) is 3.28. The molecule has 0 aliphatic rings. The Bertz CT molecular complexity index is 547. The third-order valence-corrected chi connectivity index (χ3v) is 2.36. The minimum Gasteiger partial charge on any atom is -0.313 e. The fourth-order valence-corrected chi connectivity index (χ4v) is 1.55. The Labute approximate surface area is 106 Å². The molecule has 0 fully saturated rings. The molecule has 0 aliphatic carbocycles. The number of fused-ring (bicyclic) bond motifs is 1. The van der Waals surface area contributed by atoms with Gasteiger partial charge in [-0.1, -0.05) is 30.3 Å². The molecule has 0 saturated heterocycles. The topological polar surface area (TPSA) is 30.7 Å². The van der Waals surface area contributed by atoms with Gasteiger partial charge in [-0.2, -0.15) is 0 Å². The zero-order valence-corrected chi connectivity index (χ0v) is 10.3. The van der Waals surface area contributed by atoms with E-state index in [1.807, 2.05) is 60.4 Å². The monoisotopic (exact) mass is 237 g/mol. The van der Waals surface area contributed by atoms with Gasteiger partial charge < -0.3 is 4.57 Å². The van der Waals surface area contributed by atoms with Crippen LogP contribution in [0.2, 0.25) is 0 Å². The van der Waals surface area contributed by atoms with Crippen LogP contribution >= 0.6 is 0 Å². The fraction of sp³-hybridized carbons (Fsp3) is 0.0667. The van der Waals surface area contributed by atoms with Gasteiger partial charge >= 0.3 is 0 Å². The van der Waals surface area contributed by atoms with Gasteiger partial charge in [-0.25, -0.2) is 4.98 Å². The maximum Gasteiger partial charge on any atom is 0.0986 e. The van der Waals surface area contributed by atoms with Crippen LogP contribution in [0, 0.1) is 0 Å². The van der Waals surface area contributed by atoms with Gasteiger partial charge in [0.2, 0.25) is 0 Å².